The molecule has 0 aliphatic carbocycles. The maximum atomic E-state index is 13.8. The standard InChI is InChI=1S/C15H14F2O/c1-10-3-2-4-13(15(10)17)14(18)9-11-5-7-12(16)8-6-11/h2-8,14,18H,9H2,1H3. The Hall–Kier alpha value is -1.74. The van der Waals surface area contributed by atoms with Crippen LogP contribution in [0.4, 0.5) is 8.78 Å². The molecule has 1 nitrogen and oxygen atoms in total. The molecule has 0 aromatic heterocycles. The van der Waals surface area contributed by atoms with Gasteiger partial charge in [0.2, 0.25) is 0 Å². The lowest BCUT2D eigenvalue weighted by atomic mass is 9.99. The summed E-state index contributed by atoms with van der Waals surface area (Å²) in [7, 11) is 0. The summed E-state index contributed by atoms with van der Waals surface area (Å²) in [6.45, 7) is 1.66. The molecule has 0 amide bonds. The molecule has 2 rings (SSSR count). The molecule has 1 N–H and O–H groups in total. The van der Waals surface area contributed by atoms with Crippen LogP contribution in [0.5, 0.6) is 0 Å². The van der Waals surface area contributed by atoms with E-state index in [0.29, 0.717) is 5.56 Å². The van der Waals surface area contributed by atoms with Gasteiger partial charge in [0, 0.05) is 12.0 Å². The van der Waals surface area contributed by atoms with Crippen molar-refractivity contribution >= 4 is 0 Å². The van der Waals surface area contributed by atoms with E-state index in [1.54, 1.807) is 37.3 Å². The summed E-state index contributed by atoms with van der Waals surface area (Å²) in [4.78, 5) is 0. The minimum Gasteiger partial charge on any atom is -0.388 e. The molecule has 0 heterocycles. The van der Waals surface area contributed by atoms with Crippen LogP contribution in [0.3, 0.4) is 0 Å². The highest BCUT2D eigenvalue weighted by molar-refractivity contribution is 5.28. The van der Waals surface area contributed by atoms with Crippen LogP contribution in [0, 0.1) is 18.6 Å². The minimum atomic E-state index is -0.921. The second-order valence-electron chi connectivity index (χ2n) is 4.32. The van der Waals surface area contributed by atoms with Gasteiger partial charge in [-0.2, -0.15) is 0 Å². The summed E-state index contributed by atoms with van der Waals surface area (Å²) >= 11 is 0. The van der Waals surface area contributed by atoms with Crippen molar-refractivity contribution < 1.29 is 13.9 Å². The minimum absolute atomic E-state index is 0.265. The van der Waals surface area contributed by atoms with Gasteiger partial charge in [0.05, 0.1) is 6.10 Å². The normalized spacial score (nSPS) is 12.4. The monoisotopic (exact) mass is 248 g/mol. The molecule has 0 aliphatic rings. The quantitative estimate of drug-likeness (QED) is 0.880. The van der Waals surface area contributed by atoms with E-state index < -0.39 is 6.10 Å². The predicted molar refractivity (Wildman–Crippen MR) is 66.2 cm³/mol. The Labute approximate surface area is 105 Å². The SMILES string of the molecule is Cc1cccc(C(O)Cc2ccc(F)cc2)c1F. The lowest BCUT2D eigenvalue weighted by Gasteiger charge is -2.13. The second-order valence-corrected chi connectivity index (χ2v) is 4.32. The number of aryl methyl sites for hydroxylation is 1. The maximum Gasteiger partial charge on any atom is 0.131 e. The fourth-order valence-corrected chi connectivity index (χ4v) is 1.88. The lowest BCUT2D eigenvalue weighted by molar-refractivity contribution is 0.173. The summed E-state index contributed by atoms with van der Waals surface area (Å²) in [5.74, 6) is -0.706. The Morgan fingerprint density at radius 3 is 2.39 bits per heavy atom. The van der Waals surface area contributed by atoms with Gasteiger partial charge >= 0.3 is 0 Å². The molecule has 2 aromatic carbocycles. The maximum absolute atomic E-state index is 13.8. The Balaban J connectivity index is 2.19. The molecule has 18 heavy (non-hydrogen) atoms. The molecule has 2 aromatic rings. The third-order valence-electron chi connectivity index (χ3n) is 2.92. The van der Waals surface area contributed by atoms with Crippen LogP contribution in [0.15, 0.2) is 42.5 Å². The number of hydrogen-bond acceptors (Lipinski definition) is 1. The van der Waals surface area contributed by atoms with Crippen LogP contribution in [0.2, 0.25) is 0 Å². The van der Waals surface area contributed by atoms with Crippen molar-refractivity contribution in [2.24, 2.45) is 0 Å². The van der Waals surface area contributed by atoms with Crippen LogP contribution in [-0.4, -0.2) is 5.11 Å². The molecular weight excluding hydrogens is 234 g/mol. The van der Waals surface area contributed by atoms with Crippen molar-refractivity contribution in [2.75, 3.05) is 0 Å². The zero-order valence-electron chi connectivity index (χ0n) is 10.0. The third-order valence-corrected chi connectivity index (χ3v) is 2.92. The topological polar surface area (TPSA) is 20.2 Å². The molecular formula is C15H14F2O. The van der Waals surface area contributed by atoms with Crippen LogP contribution >= 0.6 is 0 Å². The van der Waals surface area contributed by atoms with Gasteiger partial charge in [0.1, 0.15) is 11.6 Å². The zero-order chi connectivity index (χ0) is 13.1. The van der Waals surface area contributed by atoms with Crippen LogP contribution < -0.4 is 0 Å². The number of benzene rings is 2. The Bertz CT molecular complexity index is 535. The first-order valence-corrected chi connectivity index (χ1v) is 5.75. The molecule has 0 saturated carbocycles. The molecule has 0 aliphatic heterocycles. The lowest BCUT2D eigenvalue weighted by Crippen LogP contribution is -2.05. The predicted octanol–water partition coefficient (Wildman–Crippen LogP) is 3.55. The molecule has 94 valence electrons. The second kappa shape index (κ2) is 5.27. The number of rotatable bonds is 3. The first kappa shape index (κ1) is 12.7. The number of aliphatic hydroxyl groups is 1. The van der Waals surface area contributed by atoms with Gasteiger partial charge in [-0.3, -0.25) is 0 Å². The smallest absolute Gasteiger partial charge is 0.131 e. The molecule has 0 radical (unpaired) electrons. The fourth-order valence-electron chi connectivity index (χ4n) is 1.88. The van der Waals surface area contributed by atoms with E-state index in [4.69, 9.17) is 0 Å². The summed E-state index contributed by atoms with van der Waals surface area (Å²) in [6, 6.07) is 10.8. The molecule has 1 atom stereocenters. The van der Waals surface area contributed by atoms with Crippen LogP contribution in [0.1, 0.15) is 22.8 Å². The van der Waals surface area contributed by atoms with E-state index >= 15 is 0 Å². The van der Waals surface area contributed by atoms with Gasteiger partial charge in [0.25, 0.3) is 0 Å². The van der Waals surface area contributed by atoms with E-state index in [1.807, 2.05) is 0 Å². The fraction of sp³-hybridized carbons (Fsp3) is 0.200. The number of hydrogen-bond donors (Lipinski definition) is 1. The van der Waals surface area contributed by atoms with Crippen molar-refractivity contribution in [2.45, 2.75) is 19.4 Å². The first-order chi connectivity index (χ1) is 8.58. The summed E-state index contributed by atoms with van der Waals surface area (Å²) in [5, 5.41) is 10.0. The van der Waals surface area contributed by atoms with E-state index in [-0.39, 0.29) is 23.6 Å². The van der Waals surface area contributed by atoms with Crippen molar-refractivity contribution in [1.29, 1.82) is 0 Å². The summed E-state index contributed by atoms with van der Waals surface area (Å²) < 4.78 is 26.5. The van der Waals surface area contributed by atoms with Crippen LogP contribution in [0.25, 0.3) is 0 Å². The number of halogens is 2. The van der Waals surface area contributed by atoms with Gasteiger partial charge in [-0.25, -0.2) is 8.78 Å². The molecule has 1 unspecified atom stereocenters. The average Bonchev–Trinajstić information content (AvgIpc) is 2.35. The summed E-state index contributed by atoms with van der Waals surface area (Å²) in [6.07, 6.45) is -0.656. The molecule has 0 spiro atoms. The van der Waals surface area contributed by atoms with Gasteiger partial charge in [0.15, 0.2) is 0 Å². The van der Waals surface area contributed by atoms with Crippen molar-refractivity contribution in [1.82, 2.24) is 0 Å². The first-order valence-electron chi connectivity index (χ1n) is 5.75. The highest BCUT2D eigenvalue weighted by Gasteiger charge is 2.14. The van der Waals surface area contributed by atoms with Gasteiger partial charge in [-0.05, 0) is 30.2 Å². The van der Waals surface area contributed by atoms with E-state index in [2.05, 4.69) is 0 Å². The third kappa shape index (κ3) is 2.74. The summed E-state index contributed by atoms with van der Waals surface area (Å²) in [5.41, 5.74) is 1.55. The average molecular weight is 248 g/mol. The molecule has 0 saturated heterocycles. The van der Waals surface area contributed by atoms with E-state index in [0.717, 1.165) is 5.56 Å². The van der Waals surface area contributed by atoms with Gasteiger partial charge in [-0.15, -0.1) is 0 Å². The Kier molecular flexibility index (Phi) is 3.72. The zero-order valence-corrected chi connectivity index (χ0v) is 10.0. The largest absolute Gasteiger partial charge is 0.388 e. The van der Waals surface area contributed by atoms with Crippen molar-refractivity contribution in [3.05, 3.63) is 70.8 Å². The van der Waals surface area contributed by atoms with Crippen molar-refractivity contribution in [3.63, 3.8) is 0 Å². The Morgan fingerprint density at radius 2 is 1.72 bits per heavy atom. The Morgan fingerprint density at radius 1 is 1.06 bits per heavy atom. The highest BCUT2D eigenvalue weighted by Crippen LogP contribution is 2.23. The van der Waals surface area contributed by atoms with Gasteiger partial charge < -0.3 is 5.11 Å². The number of aliphatic hydroxyl groups excluding tert-OH is 1. The molecule has 0 bridgehead atoms. The van der Waals surface area contributed by atoms with E-state index in [1.165, 1.54) is 12.1 Å². The van der Waals surface area contributed by atoms with Crippen LogP contribution in [-0.2, 0) is 6.42 Å². The molecule has 0 fully saturated rings. The van der Waals surface area contributed by atoms with E-state index in [9.17, 15) is 13.9 Å². The highest BCUT2D eigenvalue weighted by atomic mass is 19.1. The van der Waals surface area contributed by atoms with Crippen molar-refractivity contribution in [3.8, 4) is 0 Å². The van der Waals surface area contributed by atoms with Gasteiger partial charge in [-0.1, -0.05) is 30.3 Å². The molecule has 3 heteroatoms.